The van der Waals surface area contributed by atoms with E-state index in [0.717, 1.165) is 5.56 Å². The van der Waals surface area contributed by atoms with Crippen molar-refractivity contribution >= 4 is 29.2 Å². The first-order valence-corrected chi connectivity index (χ1v) is 6.30. The third-order valence-electron chi connectivity index (χ3n) is 2.69. The molecule has 20 heavy (non-hydrogen) atoms. The maximum Gasteiger partial charge on any atom is 0.335 e. The second-order valence-corrected chi connectivity index (χ2v) is 4.62. The Morgan fingerprint density at radius 3 is 2.45 bits per heavy atom. The van der Waals surface area contributed by atoms with Gasteiger partial charge in [0.05, 0.1) is 22.7 Å². The molecule has 2 aromatic carbocycles. The van der Waals surface area contributed by atoms with Gasteiger partial charge in [-0.25, -0.2) is 4.79 Å². The molecule has 2 N–H and O–H groups in total. The maximum atomic E-state index is 11.9. The number of aromatic carboxylic acids is 1. The molecule has 0 saturated carbocycles. The number of hydrogen-bond donors (Lipinski definition) is 2. The quantitative estimate of drug-likeness (QED) is 0.908. The van der Waals surface area contributed by atoms with Crippen LogP contribution in [0.5, 0.6) is 0 Å². The van der Waals surface area contributed by atoms with Gasteiger partial charge in [0, 0.05) is 0 Å². The Hall–Kier alpha value is -2.33. The van der Waals surface area contributed by atoms with E-state index in [0.29, 0.717) is 10.7 Å². The molecule has 0 aliphatic heterocycles. The van der Waals surface area contributed by atoms with E-state index in [-0.39, 0.29) is 17.9 Å². The van der Waals surface area contributed by atoms with Gasteiger partial charge in [-0.3, -0.25) is 4.79 Å². The van der Waals surface area contributed by atoms with Gasteiger partial charge in [0.1, 0.15) is 0 Å². The summed E-state index contributed by atoms with van der Waals surface area (Å²) in [6.07, 6.45) is 0.203. The summed E-state index contributed by atoms with van der Waals surface area (Å²) in [6.45, 7) is 0. The summed E-state index contributed by atoms with van der Waals surface area (Å²) in [5.74, 6) is -1.32. The van der Waals surface area contributed by atoms with Crippen LogP contribution in [0.4, 0.5) is 5.69 Å². The molecule has 4 nitrogen and oxygen atoms in total. The predicted octanol–water partition coefficient (Wildman–Crippen LogP) is 3.22. The number of carboxylic acids is 1. The lowest BCUT2D eigenvalue weighted by Gasteiger charge is -2.08. The summed E-state index contributed by atoms with van der Waals surface area (Å²) in [7, 11) is 0. The average molecular weight is 290 g/mol. The molecule has 1 amide bonds. The Morgan fingerprint density at radius 1 is 1.10 bits per heavy atom. The number of carboxylic acid groups (broad SMARTS) is 1. The normalized spacial score (nSPS) is 10.1. The summed E-state index contributed by atoms with van der Waals surface area (Å²) in [4.78, 5) is 22.8. The number of anilines is 1. The zero-order valence-electron chi connectivity index (χ0n) is 10.5. The standard InChI is InChI=1S/C15H12ClNO3/c16-12-7-6-11(15(19)20)9-13(12)17-14(18)8-10-4-2-1-3-5-10/h1-7,9H,8H2,(H,17,18)(H,19,20). The van der Waals surface area contributed by atoms with E-state index in [4.69, 9.17) is 16.7 Å². The lowest BCUT2D eigenvalue weighted by Crippen LogP contribution is -2.15. The minimum Gasteiger partial charge on any atom is -0.478 e. The van der Waals surface area contributed by atoms with Crippen LogP contribution in [0, 0.1) is 0 Å². The van der Waals surface area contributed by atoms with Gasteiger partial charge in [0.25, 0.3) is 0 Å². The second-order valence-electron chi connectivity index (χ2n) is 4.21. The molecule has 5 heteroatoms. The van der Waals surface area contributed by atoms with Crippen molar-refractivity contribution in [2.45, 2.75) is 6.42 Å². The number of benzene rings is 2. The van der Waals surface area contributed by atoms with Crippen LogP contribution in [0.3, 0.4) is 0 Å². The molecule has 0 aromatic heterocycles. The third kappa shape index (κ3) is 3.59. The average Bonchev–Trinajstić information content (AvgIpc) is 2.42. The highest BCUT2D eigenvalue weighted by molar-refractivity contribution is 6.33. The van der Waals surface area contributed by atoms with E-state index in [9.17, 15) is 9.59 Å². The summed E-state index contributed by atoms with van der Waals surface area (Å²) < 4.78 is 0. The third-order valence-corrected chi connectivity index (χ3v) is 3.02. The Morgan fingerprint density at radius 2 is 1.80 bits per heavy atom. The molecule has 0 aliphatic rings. The number of rotatable bonds is 4. The predicted molar refractivity (Wildman–Crippen MR) is 77.2 cm³/mol. The van der Waals surface area contributed by atoms with Gasteiger partial charge in [-0.2, -0.15) is 0 Å². The molecule has 0 radical (unpaired) electrons. The molecule has 2 aromatic rings. The van der Waals surface area contributed by atoms with E-state index in [1.165, 1.54) is 18.2 Å². The zero-order valence-corrected chi connectivity index (χ0v) is 11.2. The molecule has 0 unspecified atom stereocenters. The lowest BCUT2D eigenvalue weighted by atomic mass is 10.1. The van der Waals surface area contributed by atoms with Crippen LogP contribution in [-0.4, -0.2) is 17.0 Å². The van der Waals surface area contributed by atoms with Gasteiger partial charge in [0.2, 0.25) is 5.91 Å². The highest BCUT2D eigenvalue weighted by Gasteiger charge is 2.10. The summed E-state index contributed by atoms with van der Waals surface area (Å²) in [5, 5.41) is 11.8. The van der Waals surface area contributed by atoms with Crippen molar-refractivity contribution in [2.75, 3.05) is 5.32 Å². The molecule has 102 valence electrons. The zero-order chi connectivity index (χ0) is 14.5. The van der Waals surface area contributed by atoms with Crippen molar-refractivity contribution in [3.8, 4) is 0 Å². The van der Waals surface area contributed by atoms with Crippen LogP contribution >= 0.6 is 11.6 Å². The first kappa shape index (κ1) is 14.1. The van der Waals surface area contributed by atoms with Crippen LogP contribution < -0.4 is 5.32 Å². The number of carbonyl (C=O) groups excluding carboxylic acids is 1. The molecule has 0 fully saturated rings. The first-order chi connectivity index (χ1) is 9.56. The van der Waals surface area contributed by atoms with E-state index in [2.05, 4.69) is 5.32 Å². The highest BCUT2D eigenvalue weighted by Crippen LogP contribution is 2.23. The van der Waals surface area contributed by atoms with Crippen molar-refractivity contribution in [1.29, 1.82) is 0 Å². The number of amides is 1. The Balaban J connectivity index is 2.11. The molecule has 0 heterocycles. The van der Waals surface area contributed by atoms with Gasteiger partial charge in [-0.05, 0) is 23.8 Å². The van der Waals surface area contributed by atoms with E-state index in [1.54, 1.807) is 0 Å². The van der Waals surface area contributed by atoms with E-state index < -0.39 is 5.97 Å². The molecular weight excluding hydrogens is 278 g/mol. The van der Waals surface area contributed by atoms with Crippen LogP contribution in [0.15, 0.2) is 48.5 Å². The monoisotopic (exact) mass is 289 g/mol. The fourth-order valence-corrected chi connectivity index (χ4v) is 1.89. The molecule has 0 saturated heterocycles. The summed E-state index contributed by atoms with van der Waals surface area (Å²) in [5.41, 5.74) is 1.24. The molecule has 0 atom stereocenters. The molecule has 2 rings (SSSR count). The van der Waals surface area contributed by atoms with Crippen LogP contribution in [0.25, 0.3) is 0 Å². The van der Waals surface area contributed by atoms with Crippen LogP contribution in [0.1, 0.15) is 15.9 Å². The van der Waals surface area contributed by atoms with Gasteiger partial charge >= 0.3 is 5.97 Å². The van der Waals surface area contributed by atoms with Crippen molar-refractivity contribution in [3.05, 3.63) is 64.7 Å². The van der Waals surface area contributed by atoms with Crippen molar-refractivity contribution in [2.24, 2.45) is 0 Å². The second kappa shape index (κ2) is 6.21. The highest BCUT2D eigenvalue weighted by atomic mass is 35.5. The summed E-state index contributed by atoms with van der Waals surface area (Å²) >= 11 is 5.94. The fraction of sp³-hybridized carbons (Fsp3) is 0.0667. The smallest absolute Gasteiger partial charge is 0.335 e. The Bertz CT molecular complexity index is 641. The molecule has 0 spiro atoms. The molecular formula is C15H12ClNO3. The van der Waals surface area contributed by atoms with Gasteiger partial charge in [-0.1, -0.05) is 41.9 Å². The Kier molecular flexibility index (Phi) is 4.38. The maximum absolute atomic E-state index is 11.9. The lowest BCUT2D eigenvalue weighted by molar-refractivity contribution is -0.115. The first-order valence-electron chi connectivity index (χ1n) is 5.93. The number of halogens is 1. The van der Waals surface area contributed by atoms with E-state index in [1.807, 2.05) is 30.3 Å². The molecule has 0 aliphatic carbocycles. The molecule has 0 bridgehead atoms. The minimum atomic E-state index is -1.07. The topological polar surface area (TPSA) is 66.4 Å². The van der Waals surface area contributed by atoms with Gasteiger partial charge in [-0.15, -0.1) is 0 Å². The van der Waals surface area contributed by atoms with Gasteiger partial charge in [0.15, 0.2) is 0 Å². The van der Waals surface area contributed by atoms with Crippen molar-refractivity contribution < 1.29 is 14.7 Å². The summed E-state index contributed by atoms with van der Waals surface area (Å²) in [6, 6.07) is 13.4. The largest absolute Gasteiger partial charge is 0.478 e. The van der Waals surface area contributed by atoms with Crippen LogP contribution in [-0.2, 0) is 11.2 Å². The Labute approximate surface area is 121 Å². The number of hydrogen-bond acceptors (Lipinski definition) is 2. The fourth-order valence-electron chi connectivity index (χ4n) is 1.73. The van der Waals surface area contributed by atoms with Crippen molar-refractivity contribution in [3.63, 3.8) is 0 Å². The minimum absolute atomic E-state index is 0.0735. The van der Waals surface area contributed by atoms with Crippen molar-refractivity contribution in [1.82, 2.24) is 0 Å². The van der Waals surface area contributed by atoms with Crippen LogP contribution in [0.2, 0.25) is 5.02 Å². The SMILES string of the molecule is O=C(Cc1ccccc1)Nc1cc(C(=O)O)ccc1Cl. The number of carbonyl (C=O) groups is 2. The van der Waals surface area contributed by atoms with Gasteiger partial charge < -0.3 is 10.4 Å². The van der Waals surface area contributed by atoms with E-state index >= 15 is 0 Å². The number of nitrogens with one attached hydrogen (secondary N) is 1.